The molecular formula is C21H22BrNO2. The van der Waals surface area contributed by atoms with Crippen molar-refractivity contribution in [1.82, 2.24) is 0 Å². The van der Waals surface area contributed by atoms with Gasteiger partial charge in [-0.05, 0) is 67.5 Å². The van der Waals surface area contributed by atoms with Crippen LogP contribution in [0.3, 0.4) is 0 Å². The van der Waals surface area contributed by atoms with Gasteiger partial charge in [-0.15, -0.1) is 0 Å². The maximum absolute atomic E-state index is 12.4. The molecule has 1 saturated heterocycles. The van der Waals surface area contributed by atoms with Gasteiger partial charge >= 0.3 is 0 Å². The van der Waals surface area contributed by atoms with Crippen LogP contribution in [0, 0.1) is 18.3 Å². The Bertz CT molecular complexity index is 746. The molecule has 1 fully saturated rings. The second kappa shape index (κ2) is 8.15. The predicted molar refractivity (Wildman–Crippen MR) is 104 cm³/mol. The Morgan fingerprint density at radius 3 is 2.80 bits per heavy atom. The summed E-state index contributed by atoms with van der Waals surface area (Å²) < 4.78 is 6.69. The summed E-state index contributed by atoms with van der Waals surface area (Å²) in [7, 11) is 0. The molecule has 0 aliphatic carbocycles. The lowest BCUT2D eigenvalue weighted by Crippen LogP contribution is -2.32. The molecule has 0 spiro atoms. The summed E-state index contributed by atoms with van der Waals surface area (Å²) in [5.41, 5.74) is 2.61. The highest BCUT2D eigenvalue weighted by molar-refractivity contribution is 9.10. The van der Waals surface area contributed by atoms with Crippen LogP contribution in [0.5, 0.6) is 0 Å². The molecule has 3 rings (SSSR count). The molecule has 25 heavy (non-hydrogen) atoms. The molecule has 3 nitrogen and oxygen atoms in total. The number of ether oxygens (including phenoxy) is 1. The Hall–Kier alpha value is -1.65. The molecule has 1 N–H and O–H groups in total. The first kappa shape index (κ1) is 18.2. The van der Waals surface area contributed by atoms with Crippen molar-refractivity contribution in [3.05, 3.63) is 70.6 Å². The predicted octanol–water partition coefficient (Wildman–Crippen LogP) is 5.00. The highest BCUT2D eigenvalue weighted by Gasteiger charge is 2.26. The Labute approximate surface area is 157 Å². The molecule has 1 aliphatic rings. The third kappa shape index (κ3) is 4.93. The van der Waals surface area contributed by atoms with E-state index in [0.717, 1.165) is 16.6 Å². The second-order valence-electron chi connectivity index (χ2n) is 6.56. The number of halogens is 1. The third-order valence-corrected chi connectivity index (χ3v) is 5.01. The van der Waals surface area contributed by atoms with Gasteiger partial charge in [0, 0.05) is 15.7 Å². The molecule has 130 valence electrons. The first-order valence-corrected chi connectivity index (χ1v) is 9.34. The molecule has 0 aromatic heterocycles. The number of benzene rings is 2. The average molecular weight is 400 g/mol. The van der Waals surface area contributed by atoms with Crippen molar-refractivity contribution in [2.24, 2.45) is 11.8 Å². The van der Waals surface area contributed by atoms with E-state index in [1.165, 1.54) is 5.56 Å². The molecule has 3 atom stereocenters. The zero-order valence-corrected chi connectivity index (χ0v) is 16.0. The Morgan fingerprint density at radius 1 is 1.24 bits per heavy atom. The number of hydrogen-bond donors (Lipinski definition) is 1. The van der Waals surface area contributed by atoms with Crippen LogP contribution >= 0.6 is 15.9 Å². The average Bonchev–Trinajstić information content (AvgIpc) is 2.58. The number of hydrogen-bond acceptors (Lipinski definition) is 2. The number of carbonyl (C=O) groups excluding carboxylic acids is 1. The molecular weight excluding hydrogens is 378 g/mol. The van der Waals surface area contributed by atoms with Gasteiger partial charge in [0.2, 0.25) is 0 Å². The molecule has 4 heteroatoms. The smallest absolute Gasteiger partial charge is 0.255 e. The van der Waals surface area contributed by atoms with Gasteiger partial charge in [-0.3, -0.25) is 4.79 Å². The lowest BCUT2D eigenvalue weighted by Gasteiger charge is -2.31. The van der Waals surface area contributed by atoms with Crippen LogP contribution in [0.2, 0.25) is 0 Å². The molecule has 2 aromatic rings. The summed E-state index contributed by atoms with van der Waals surface area (Å²) in [6.45, 7) is 4.94. The second-order valence-corrected chi connectivity index (χ2v) is 7.48. The minimum absolute atomic E-state index is 0.111. The number of nitrogens with one attached hydrogen (secondary N) is 1. The van der Waals surface area contributed by atoms with Crippen LogP contribution in [0.25, 0.3) is 0 Å². The normalized spacial score (nSPS) is 23.2. The minimum Gasteiger partial charge on any atom is -0.378 e. The fourth-order valence-corrected chi connectivity index (χ4v) is 3.38. The number of anilines is 1. The standard InChI is InChI=1S/C21H22BrNO2/c1-14-9-17(13-25-15(14)2)10-16-5-3-8-20(11-16)23-21(24)18-6-4-7-19(22)12-18/h3-8,11-12,14-15,17H,10,13H2,1-2H3,(H,23,24). The molecule has 2 radical (unpaired) electrons. The van der Waals surface area contributed by atoms with Crippen LogP contribution in [-0.2, 0) is 11.2 Å². The summed E-state index contributed by atoms with van der Waals surface area (Å²) in [4.78, 5) is 12.4. The minimum atomic E-state index is -0.111. The van der Waals surface area contributed by atoms with Gasteiger partial charge in [-0.2, -0.15) is 0 Å². The van der Waals surface area contributed by atoms with Gasteiger partial charge in [0.25, 0.3) is 5.91 Å². The number of amides is 1. The summed E-state index contributed by atoms with van der Waals surface area (Å²) in [5, 5.41) is 2.97. The van der Waals surface area contributed by atoms with Crippen LogP contribution in [0.1, 0.15) is 29.8 Å². The largest absolute Gasteiger partial charge is 0.378 e. The fraction of sp³-hybridized carbons (Fsp3) is 0.333. The highest BCUT2D eigenvalue weighted by Crippen LogP contribution is 2.27. The molecule has 0 saturated carbocycles. The van der Waals surface area contributed by atoms with Crippen molar-refractivity contribution >= 4 is 27.5 Å². The zero-order chi connectivity index (χ0) is 17.8. The van der Waals surface area contributed by atoms with Crippen molar-refractivity contribution < 1.29 is 9.53 Å². The van der Waals surface area contributed by atoms with Gasteiger partial charge in [0.05, 0.1) is 12.7 Å². The zero-order valence-electron chi connectivity index (χ0n) is 14.5. The maximum Gasteiger partial charge on any atom is 0.255 e. The SMILES string of the molecule is CC1[C]C(Cc2cccc(NC(=O)c3cccc(Br)c3)c2)COC1C. The van der Waals surface area contributed by atoms with E-state index in [1.54, 1.807) is 6.07 Å². The number of rotatable bonds is 4. The Morgan fingerprint density at radius 2 is 2.04 bits per heavy atom. The summed E-state index contributed by atoms with van der Waals surface area (Å²) in [5.74, 6) is 0.528. The quantitative estimate of drug-likeness (QED) is 0.785. The van der Waals surface area contributed by atoms with E-state index in [2.05, 4.69) is 47.6 Å². The molecule has 2 aromatic carbocycles. The lowest BCUT2D eigenvalue weighted by atomic mass is 9.86. The van der Waals surface area contributed by atoms with Crippen LogP contribution in [0.4, 0.5) is 5.69 Å². The first-order valence-electron chi connectivity index (χ1n) is 8.55. The first-order chi connectivity index (χ1) is 12.0. The fourth-order valence-electron chi connectivity index (χ4n) is 2.98. The van der Waals surface area contributed by atoms with E-state index in [-0.39, 0.29) is 12.0 Å². The van der Waals surface area contributed by atoms with Crippen molar-refractivity contribution in [3.8, 4) is 0 Å². The summed E-state index contributed by atoms with van der Waals surface area (Å²) in [6.07, 6.45) is 4.70. The Balaban J connectivity index is 1.64. The Kier molecular flexibility index (Phi) is 5.92. The van der Waals surface area contributed by atoms with Crippen LogP contribution < -0.4 is 5.32 Å². The molecule has 3 unspecified atom stereocenters. The van der Waals surface area contributed by atoms with E-state index in [9.17, 15) is 4.79 Å². The highest BCUT2D eigenvalue weighted by atomic mass is 79.9. The van der Waals surface area contributed by atoms with E-state index in [1.807, 2.05) is 36.4 Å². The van der Waals surface area contributed by atoms with Gasteiger partial charge < -0.3 is 10.1 Å². The van der Waals surface area contributed by atoms with Crippen LogP contribution in [-0.4, -0.2) is 18.6 Å². The van der Waals surface area contributed by atoms with Gasteiger partial charge in [0.15, 0.2) is 0 Å². The van der Waals surface area contributed by atoms with E-state index in [0.29, 0.717) is 24.0 Å². The van der Waals surface area contributed by atoms with Crippen molar-refractivity contribution in [3.63, 3.8) is 0 Å². The molecule has 0 bridgehead atoms. The van der Waals surface area contributed by atoms with Crippen LogP contribution in [0.15, 0.2) is 53.0 Å². The monoisotopic (exact) mass is 399 g/mol. The van der Waals surface area contributed by atoms with E-state index >= 15 is 0 Å². The maximum atomic E-state index is 12.4. The van der Waals surface area contributed by atoms with Crippen molar-refractivity contribution in [2.75, 3.05) is 11.9 Å². The molecule has 1 heterocycles. The third-order valence-electron chi connectivity index (χ3n) is 4.52. The number of carbonyl (C=O) groups is 1. The lowest BCUT2D eigenvalue weighted by molar-refractivity contribution is -0.0112. The van der Waals surface area contributed by atoms with Crippen molar-refractivity contribution in [2.45, 2.75) is 26.4 Å². The van der Waals surface area contributed by atoms with Crippen molar-refractivity contribution in [1.29, 1.82) is 0 Å². The van der Waals surface area contributed by atoms with E-state index < -0.39 is 0 Å². The summed E-state index contributed by atoms with van der Waals surface area (Å²) >= 11 is 3.39. The van der Waals surface area contributed by atoms with E-state index in [4.69, 9.17) is 4.74 Å². The summed E-state index contributed by atoms with van der Waals surface area (Å²) in [6, 6.07) is 15.4. The topological polar surface area (TPSA) is 38.3 Å². The van der Waals surface area contributed by atoms with Gasteiger partial charge in [0.1, 0.15) is 0 Å². The molecule has 1 aliphatic heterocycles. The van der Waals surface area contributed by atoms with Gasteiger partial charge in [-0.1, -0.05) is 41.1 Å². The molecule has 1 amide bonds. The van der Waals surface area contributed by atoms with Gasteiger partial charge in [-0.25, -0.2) is 0 Å².